The van der Waals surface area contributed by atoms with Gasteiger partial charge in [-0.2, -0.15) is 0 Å². The standard InChI is InChI=1S/C18H26N2O2/c1-11-6-5-9-15(12(11)2)19-18(22)20-17-14-8-4-3-7-13(14)10-16(17)21/h3-4,7-8,11-12,15-17,21H,5-6,9-10H2,1-2H3,(H2,19,20,22)/t11-,12-,15+,16+,17-/m1/s1. The minimum absolute atomic E-state index is 0.160. The molecule has 4 heteroatoms. The zero-order chi connectivity index (χ0) is 15.7. The molecule has 0 bridgehead atoms. The summed E-state index contributed by atoms with van der Waals surface area (Å²) in [5.74, 6) is 1.15. The summed E-state index contributed by atoms with van der Waals surface area (Å²) < 4.78 is 0. The molecule has 0 spiro atoms. The van der Waals surface area contributed by atoms with Crippen LogP contribution in [0.3, 0.4) is 0 Å². The Hall–Kier alpha value is -1.55. The van der Waals surface area contributed by atoms with Crippen molar-refractivity contribution in [1.82, 2.24) is 10.6 Å². The molecule has 120 valence electrons. The maximum Gasteiger partial charge on any atom is 0.315 e. The van der Waals surface area contributed by atoms with Crippen LogP contribution in [0.1, 0.15) is 50.3 Å². The summed E-state index contributed by atoms with van der Waals surface area (Å²) in [6.07, 6.45) is 3.53. The van der Waals surface area contributed by atoms with Crippen molar-refractivity contribution < 1.29 is 9.90 Å². The molecule has 1 aromatic carbocycles. The van der Waals surface area contributed by atoms with Crippen LogP contribution in [0.5, 0.6) is 0 Å². The van der Waals surface area contributed by atoms with Gasteiger partial charge in [-0.3, -0.25) is 0 Å². The highest BCUT2D eigenvalue weighted by Gasteiger charge is 2.33. The largest absolute Gasteiger partial charge is 0.390 e. The van der Waals surface area contributed by atoms with Crippen molar-refractivity contribution in [2.45, 2.75) is 57.7 Å². The van der Waals surface area contributed by atoms with Crippen LogP contribution in [-0.2, 0) is 6.42 Å². The van der Waals surface area contributed by atoms with Gasteiger partial charge in [0.05, 0.1) is 12.1 Å². The van der Waals surface area contributed by atoms with E-state index in [4.69, 9.17) is 0 Å². The number of carbonyl (C=O) groups is 1. The van der Waals surface area contributed by atoms with Crippen LogP contribution in [0.25, 0.3) is 0 Å². The molecular weight excluding hydrogens is 276 g/mol. The molecule has 0 unspecified atom stereocenters. The van der Waals surface area contributed by atoms with E-state index in [2.05, 4.69) is 24.5 Å². The predicted octanol–water partition coefficient (Wildman–Crippen LogP) is 2.77. The summed E-state index contributed by atoms with van der Waals surface area (Å²) in [5.41, 5.74) is 2.16. The fourth-order valence-electron chi connectivity index (χ4n) is 3.88. The Morgan fingerprint density at radius 1 is 1.18 bits per heavy atom. The second kappa shape index (κ2) is 6.29. The van der Waals surface area contributed by atoms with E-state index in [0.717, 1.165) is 17.5 Å². The summed E-state index contributed by atoms with van der Waals surface area (Å²) in [5, 5.41) is 16.3. The minimum atomic E-state index is -0.536. The van der Waals surface area contributed by atoms with Crippen LogP contribution in [-0.4, -0.2) is 23.3 Å². The first-order chi connectivity index (χ1) is 10.6. The summed E-state index contributed by atoms with van der Waals surface area (Å²) in [6, 6.07) is 7.70. The molecule has 0 aromatic heterocycles. The maximum absolute atomic E-state index is 12.3. The van der Waals surface area contributed by atoms with E-state index in [0.29, 0.717) is 18.3 Å². The molecule has 3 rings (SSSR count). The van der Waals surface area contributed by atoms with Crippen LogP contribution in [0.15, 0.2) is 24.3 Å². The fraction of sp³-hybridized carbons (Fsp3) is 0.611. The van der Waals surface area contributed by atoms with E-state index in [1.807, 2.05) is 24.3 Å². The maximum atomic E-state index is 12.3. The normalized spacial score (nSPS) is 34.0. The van der Waals surface area contributed by atoms with Gasteiger partial charge in [-0.1, -0.05) is 51.0 Å². The number of benzene rings is 1. The van der Waals surface area contributed by atoms with Crippen LogP contribution in [0.2, 0.25) is 0 Å². The number of hydrogen-bond donors (Lipinski definition) is 3. The summed E-state index contributed by atoms with van der Waals surface area (Å²) in [7, 11) is 0. The van der Waals surface area contributed by atoms with E-state index in [9.17, 15) is 9.90 Å². The highest BCUT2D eigenvalue weighted by molar-refractivity contribution is 5.75. The monoisotopic (exact) mass is 302 g/mol. The number of carbonyl (C=O) groups excluding carboxylic acids is 1. The van der Waals surface area contributed by atoms with Gasteiger partial charge in [0.25, 0.3) is 0 Å². The average Bonchev–Trinajstić information content (AvgIpc) is 2.80. The predicted molar refractivity (Wildman–Crippen MR) is 86.5 cm³/mol. The third-order valence-corrected chi connectivity index (χ3v) is 5.51. The lowest BCUT2D eigenvalue weighted by atomic mass is 9.78. The van der Waals surface area contributed by atoms with Crippen molar-refractivity contribution in [3.8, 4) is 0 Å². The van der Waals surface area contributed by atoms with E-state index >= 15 is 0 Å². The molecule has 22 heavy (non-hydrogen) atoms. The van der Waals surface area contributed by atoms with E-state index < -0.39 is 6.10 Å². The zero-order valence-electron chi connectivity index (χ0n) is 13.4. The average molecular weight is 302 g/mol. The number of amides is 2. The van der Waals surface area contributed by atoms with Crippen molar-refractivity contribution in [2.24, 2.45) is 11.8 Å². The summed E-state index contributed by atoms with van der Waals surface area (Å²) in [4.78, 5) is 12.3. The Kier molecular flexibility index (Phi) is 4.39. The first-order valence-corrected chi connectivity index (χ1v) is 8.39. The molecule has 4 nitrogen and oxygen atoms in total. The lowest BCUT2D eigenvalue weighted by Gasteiger charge is -2.35. The molecule has 2 aliphatic carbocycles. The van der Waals surface area contributed by atoms with Crippen molar-refractivity contribution in [2.75, 3.05) is 0 Å². The van der Waals surface area contributed by atoms with Crippen LogP contribution >= 0.6 is 0 Å². The van der Waals surface area contributed by atoms with Crippen LogP contribution in [0.4, 0.5) is 4.79 Å². The Morgan fingerprint density at radius 3 is 2.77 bits per heavy atom. The third-order valence-electron chi connectivity index (χ3n) is 5.51. The second-order valence-electron chi connectivity index (χ2n) is 6.94. The molecule has 1 saturated carbocycles. The van der Waals surface area contributed by atoms with Crippen molar-refractivity contribution in [3.63, 3.8) is 0 Å². The molecule has 1 fully saturated rings. The Balaban J connectivity index is 1.62. The Bertz CT molecular complexity index is 546. The number of hydrogen-bond acceptors (Lipinski definition) is 2. The SMILES string of the molecule is C[C@@H]1[C@H](C)CCC[C@@H]1NC(=O)N[C@@H]1c2ccccc2C[C@@H]1O. The van der Waals surface area contributed by atoms with Gasteiger partial charge in [0.1, 0.15) is 0 Å². The molecular formula is C18H26N2O2. The highest BCUT2D eigenvalue weighted by atomic mass is 16.3. The molecule has 1 aromatic rings. The highest BCUT2D eigenvalue weighted by Crippen LogP contribution is 2.32. The van der Waals surface area contributed by atoms with Gasteiger partial charge in [-0.25, -0.2) is 4.79 Å². The van der Waals surface area contributed by atoms with Gasteiger partial charge in [0.15, 0.2) is 0 Å². The number of aliphatic hydroxyl groups is 1. The van der Waals surface area contributed by atoms with Crippen molar-refractivity contribution in [1.29, 1.82) is 0 Å². The number of urea groups is 1. The van der Waals surface area contributed by atoms with Gasteiger partial charge < -0.3 is 15.7 Å². The van der Waals surface area contributed by atoms with Crippen molar-refractivity contribution >= 4 is 6.03 Å². The number of aliphatic hydroxyl groups excluding tert-OH is 1. The first kappa shape index (κ1) is 15.3. The number of nitrogens with one attached hydrogen (secondary N) is 2. The summed E-state index contributed by atoms with van der Waals surface area (Å²) in [6.45, 7) is 4.47. The fourth-order valence-corrected chi connectivity index (χ4v) is 3.88. The van der Waals surface area contributed by atoms with E-state index in [-0.39, 0.29) is 18.1 Å². The number of fused-ring (bicyclic) bond motifs is 1. The third kappa shape index (κ3) is 2.98. The molecule has 5 atom stereocenters. The molecule has 0 saturated heterocycles. The molecule has 2 amide bonds. The minimum Gasteiger partial charge on any atom is -0.390 e. The second-order valence-corrected chi connectivity index (χ2v) is 6.94. The first-order valence-electron chi connectivity index (χ1n) is 8.39. The van der Waals surface area contributed by atoms with Crippen molar-refractivity contribution in [3.05, 3.63) is 35.4 Å². The molecule has 2 aliphatic rings. The molecule has 0 aliphatic heterocycles. The molecule has 0 radical (unpaired) electrons. The van der Waals surface area contributed by atoms with Crippen LogP contribution < -0.4 is 10.6 Å². The number of rotatable bonds is 2. The lowest BCUT2D eigenvalue weighted by molar-refractivity contribution is 0.139. The van der Waals surface area contributed by atoms with Gasteiger partial charge in [-0.15, -0.1) is 0 Å². The quantitative estimate of drug-likeness (QED) is 0.786. The van der Waals surface area contributed by atoms with E-state index in [1.165, 1.54) is 12.8 Å². The van der Waals surface area contributed by atoms with Gasteiger partial charge in [0, 0.05) is 12.5 Å². The van der Waals surface area contributed by atoms with Gasteiger partial charge >= 0.3 is 6.03 Å². The molecule has 3 N–H and O–H groups in total. The zero-order valence-corrected chi connectivity index (χ0v) is 13.4. The topological polar surface area (TPSA) is 61.4 Å². The summed E-state index contributed by atoms with van der Waals surface area (Å²) >= 11 is 0. The van der Waals surface area contributed by atoms with Crippen LogP contribution in [0, 0.1) is 11.8 Å². The Morgan fingerprint density at radius 2 is 1.95 bits per heavy atom. The van der Waals surface area contributed by atoms with Gasteiger partial charge in [0.2, 0.25) is 0 Å². The smallest absolute Gasteiger partial charge is 0.315 e. The lowest BCUT2D eigenvalue weighted by Crippen LogP contribution is -2.49. The Labute approximate surface area is 132 Å². The van der Waals surface area contributed by atoms with Gasteiger partial charge in [-0.05, 0) is 29.4 Å². The van der Waals surface area contributed by atoms with E-state index in [1.54, 1.807) is 0 Å². The molecule has 0 heterocycles.